The molecule has 0 saturated heterocycles. The molecule has 0 amide bonds. The fraction of sp³-hybridized carbons (Fsp3) is 0.0435. The van der Waals surface area contributed by atoms with Gasteiger partial charge in [-0.05, 0) is 60.4 Å². The zero-order valence-corrected chi connectivity index (χ0v) is 27.4. The van der Waals surface area contributed by atoms with Crippen molar-refractivity contribution in [3.8, 4) is 50.5 Å². The summed E-state index contributed by atoms with van der Waals surface area (Å²) < 4.78 is 2.42. The van der Waals surface area contributed by atoms with Crippen LogP contribution in [0.5, 0.6) is 0 Å². The zero-order valence-electron chi connectivity index (χ0n) is 27.4. The first-order valence-electron chi connectivity index (χ1n) is 17.2. The molecule has 2 aromatic heterocycles. The minimum atomic E-state index is 0.665. The summed E-state index contributed by atoms with van der Waals surface area (Å²) >= 11 is 0. The molecule has 0 bridgehead atoms. The quantitative estimate of drug-likeness (QED) is 0.192. The van der Waals surface area contributed by atoms with Crippen LogP contribution in [0.1, 0.15) is 17.7 Å². The van der Waals surface area contributed by atoms with Crippen LogP contribution >= 0.6 is 0 Å². The lowest BCUT2D eigenvalue weighted by molar-refractivity contribution is 0.937. The van der Waals surface area contributed by atoms with E-state index in [1.807, 2.05) is 0 Å². The predicted octanol–water partition coefficient (Wildman–Crippen LogP) is 11.8. The maximum absolute atomic E-state index is 5.49. The number of anilines is 3. The lowest BCUT2D eigenvalue weighted by Crippen LogP contribution is -2.17. The SMILES string of the molecule is C1=Cc2nc(N3c4ccccc4-c4c(n(-c5ccccc5)c5ccccc45)-c4ccccc43)nc(-c3ccc(-c4ccccc4)cc3)c2CC1. The Morgan fingerprint density at radius 1 is 0.520 bits per heavy atom. The molecule has 236 valence electrons. The van der Waals surface area contributed by atoms with Crippen molar-refractivity contribution in [3.05, 3.63) is 175 Å². The van der Waals surface area contributed by atoms with Crippen molar-refractivity contribution in [1.29, 1.82) is 0 Å². The summed E-state index contributed by atoms with van der Waals surface area (Å²) in [6.45, 7) is 0. The summed E-state index contributed by atoms with van der Waals surface area (Å²) in [5.74, 6) is 0.665. The van der Waals surface area contributed by atoms with Gasteiger partial charge in [-0.2, -0.15) is 0 Å². The van der Waals surface area contributed by atoms with Crippen LogP contribution in [0.3, 0.4) is 0 Å². The largest absolute Gasteiger partial charge is 0.309 e. The van der Waals surface area contributed by atoms with Crippen LogP contribution in [-0.4, -0.2) is 14.5 Å². The number of allylic oxidation sites excluding steroid dienone is 1. The summed E-state index contributed by atoms with van der Waals surface area (Å²) in [4.78, 5) is 13.1. The van der Waals surface area contributed by atoms with Gasteiger partial charge in [0.1, 0.15) is 0 Å². The number of benzene rings is 6. The number of aromatic nitrogens is 3. The fourth-order valence-corrected chi connectivity index (χ4v) is 7.79. The summed E-state index contributed by atoms with van der Waals surface area (Å²) in [5.41, 5.74) is 15.7. The third-order valence-corrected chi connectivity index (χ3v) is 10.0. The van der Waals surface area contributed by atoms with E-state index >= 15 is 0 Å². The summed E-state index contributed by atoms with van der Waals surface area (Å²) in [7, 11) is 0. The zero-order chi connectivity index (χ0) is 33.0. The van der Waals surface area contributed by atoms with Gasteiger partial charge in [-0.25, -0.2) is 9.97 Å². The van der Waals surface area contributed by atoms with Crippen LogP contribution < -0.4 is 4.90 Å². The van der Waals surface area contributed by atoms with Gasteiger partial charge >= 0.3 is 0 Å². The topological polar surface area (TPSA) is 34.0 Å². The van der Waals surface area contributed by atoms with Gasteiger partial charge in [0.05, 0.1) is 34.0 Å². The van der Waals surface area contributed by atoms with E-state index in [1.165, 1.54) is 33.2 Å². The smallest absolute Gasteiger partial charge is 0.235 e. The molecule has 0 unspecified atom stereocenters. The van der Waals surface area contributed by atoms with Gasteiger partial charge in [-0.1, -0.05) is 133 Å². The molecule has 0 spiro atoms. The first-order valence-corrected chi connectivity index (χ1v) is 17.2. The average molecular weight is 641 g/mol. The second kappa shape index (κ2) is 11.6. The van der Waals surface area contributed by atoms with Gasteiger partial charge in [0.25, 0.3) is 0 Å². The molecule has 4 nitrogen and oxygen atoms in total. The molecule has 0 atom stereocenters. The third kappa shape index (κ3) is 4.46. The molecule has 8 aromatic rings. The van der Waals surface area contributed by atoms with Crippen LogP contribution in [0, 0.1) is 0 Å². The molecule has 0 saturated carbocycles. The lowest BCUT2D eigenvalue weighted by atomic mass is 9.95. The number of fused-ring (bicyclic) bond motifs is 8. The van der Waals surface area contributed by atoms with Crippen molar-refractivity contribution in [2.75, 3.05) is 4.90 Å². The molecular formula is C46H32N4. The Kier molecular flexibility index (Phi) is 6.59. The van der Waals surface area contributed by atoms with Crippen molar-refractivity contribution in [1.82, 2.24) is 14.5 Å². The second-order valence-corrected chi connectivity index (χ2v) is 12.9. The number of rotatable bonds is 4. The molecule has 4 heteroatoms. The third-order valence-electron chi connectivity index (χ3n) is 10.0. The van der Waals surface area contributed by atoms with E-state index in [4.69, 9.17) is 9.97 Å². The lowest BCUT2D eigenvalue weighted by Gasteiger charge is -2.27. The van der Waals surface area contributed by atoms with Crippen LogP contribution in [0.25, 0.3) is 67.4 Å². The monoisotopic (exact) mass is 640 g/mol. The molecule has 50 heavy (non-hydrogen) atoms. The Balaban J connectivity index is 1.24. The Bertz CT molecular complexity index is 2580. The Morgan fingerprint density at radius 3 is 1.94 bits per heavy atom. The van der Waals surface area contributed by atoms with Gasteiger partial charge in [0.2, 0.25) is 5.95 Å². The number of nitrogens with zero attached hydrogens (tertiary/aromatic N) is 4. The van der Waals surface area contributed by atoms with E-state index < -0.39 is 0 Å². The van der Waals surface area contributed by atoms with Gasteiger partial charge in [-0.15, -0.1) is 0 Å². The molecule has 2 aliphatic rings. The summed E-state index contributed by atoms with van der Waals surface area (Å²) in [6, 6.07) is 56.2. The van der Waals surface area contributed by atoms with Gasteiger partial charge in [0.15, 0.2) is 0 Å². The molecule has 3 heterocycles. The first kappa shape index (κ1) is 28.5. The Morgan fingerprint density at radius 2 is 1.14 bits per heavy atom. The van der Waals surface area contributed by atoms with Crippen LogP contribution in [-0.2, 0) is 6.42 Å². The Labute approximate surface area is 291 Å². The van der Waals surface area contributed by atoms with Crippen molar-refractivity contribution < 1.29 is 0 Å². The van der Waals surface area contributed by atoms with Crippen molar-refractivity contribution in [2.24, 2.45) is 0 Å². The highest BCUT2D eigenvalue weighted by molar-refractivity contribution is 6.12. The number of hydrogen-bond donors (Lipinski definition) is 0. The van der Waals surface area contributed by atoms with Gasteiger partial charge in [0, 0.05) is 38.9 Å². The standard InChI is InChI=1S/C46H32N4/c1-3-15-31(16-4-1)32-27-29-33(30-28-32)44-35-19-7-11-23-39(35)47-46(48-44)50-41-25-13-9-21-37(41)43-36-20-8-12-24-40(36)49(34-17-5-2-6-18-34)45(43)38-22-10-14-26-42(38)50/h1-6,8-18,20-30H,7,19H2. The first-order chi connectivity index (χ1) is 24.8. The van der Waals surface area contributed by atoms with E-state index in [0.29, 0.717) is 5.95 Å². The molecular weight excluding hydrogens is 609 g/mol. The highest BCUT2D eigenvalue weighted by atomic mass is 15.3. The highest BCUT2D eigenvalue weighted by Crippen LogP contribution is 2.54. The minimum Gasteiger partial charge on any atom is -0.309 e. The molecule has 0 radical (unpaired) electrons. The van der Waals surface area contributed by atoms with E-state index in [2.05, 4.69) is 179 Å². The minimum absolute atomic E-state index is 0.665. The van der Waals surface area contributed by atoms with E-state index in [0.717, 1.165) is 63.7 Å². The van der Waals surface area contributed by atoms with E-state index in [-0.39, 0.29) is 0 Å². The van der Waals surface area contributed by atoms with E-state index in [9.17, 15) is 0 Å². The van der Waals surface area contributed by atoms with Gasteiger partial charge in [-0.3, -0.25) is 4.90 Å². The molecule has 6 aromatic carbocycles. The molecule has 0 fully saturated rings. The maximum atomic E-state index is 5.49. The van der Waals surface area contributed by atoms with Crippen molar-refractivity contribution in [3.63, 3.8) is 0 Å². The second-order valence-electron chi connectivity index (χ2n) is 12.9. The molecule has 0 N–H and O–H groups in total. The van der Waals surface area contributed by atoms with Crippen LogP contribution in [0.2, 0.25) is 0 Å². The fourth-order valence-electron chi connectivity index (χ4n) is 7.79. The molecule has 1 aliphatic heterocycles. The Hall–Kier alpha value is -6.52. The number of hydrogen-bond acceptors (Lipinski definition) is 3. The van der Waals surface area contributed by atoms with Crippen LogP contribution in [0.4, 0.5) is 17.3 Å². The number of para-hydroxylation sites is 4. The van der Waals surface area contributed by atoms with Crippen molar-refractivity contribution >= 4 is 34.3 Å². The maximum Gasteiger partial charge on any atom is 0.235 e. The predicted molar refractivity (Wildman–Crippen MR) is 206 cm³/mol. The van der Waals surface area contributed by atoms with Gasteiger partial charge < -0.3 is 4.57 Å². The normalized spacial score (nSPS) is 12.9. The summed E-state index contributed by atoms with van der Waals surface area (Å²) in [6.07, 6.45) is 6.29. The average Bonchev–Trinajstić information content (AvgIpc) is 3.47. The van der Waals surface area contributed by atoms with Crippen LogP contribution in [0.15, 0.2) is 164 Å². The van der Waals surface area contributed by atoms with E-state index in [1.54, 1.807) is 0 Å². The van der Waals surface area contributed by atoms with Crippen molar-refractivity contribution in [2.45, 2.75) is 12.8 Å². The summed E-state index contributed by atoms with van der Waals surface area (Å²) in [5, 5.41) is 1.21. The molecule has 10 rings (SSSR count). The molecule has 1 aliphatic carbocycles. The highest BCUT2D eigenvalue weighted by Gasteiger charge is 2.33.